The van der Waals surface area contributed by atoms with Gasteiger partial charge in [-0.1, -0.05) is 30.3 Å². The number of aromatic nitrogens is 2. The van der Waals surface area contributed by atoms with E-state index < -0.39 is 6.04 Å². The molecule has 0 saturated heterocycles. The number of methoxy groups -OCH3 is 1. The van der Waals surface area contributed by atoms with Crippen LogP contribution < -0.4 is 10.3 Å². The summed E-state index contributed by atoms with van der Waals surface area (Å²) in [6.45, 7) is 1.72. The first-order chi connectivity index (χ1) is 13.6. The molecule has 1 atom stereocenters. The first kappa shape index (κ1) is 18.1. The number of Topliss-reactive ketones (excluding diaryl/α,β-unsaturated/α-hetero) is 1. The average Bonchev–Trinajstić information content (AvgIpc) is 3.19. The Kier molecular flexibility index (Phi) is 4.79. The van der Waals surface area contributed by atoms with Gasteiger partial charge < -0.3 is 4.74 Å². The molecular formula is C22H18N2O3S. The number of carbonyl (C=O) groups is 1. The number of rotatable bonds is 5. The van der Waals surface area contributed by atoms with Crippen molar-refractivity contribution in [2.45, 2.75) is 13.0 Å². The lowest BCUT2D eigenvalue weighted by Crippen LogP contribution is -2.28. The maximum atomic E-state index is 13.0. The smallest absolute Gasteiger partial charge is 0.271 e. The third kappa shape index (κ3) is 3.23. The summed E-state index contributed by atoms with van der Waals surface area (Å²) in [4.78, 5) is 31.2. The highest BCUT2D eigenvalue weighted by molar-refractivity contribution is 7.22. The van der Waals surface area contributed by atoms with E-state index in [0.29, 0.717) is 21.5 Å². The van der Waals surface area contributed by atoms with Crippen LogP contribution in [-0.4, -0.2) is 22.4 Å². The Bertz CT molecular complexity index is 1190. The van der Waals surface area contributed by atoms with Crippen molar-refractivity contribution in [1.29, 1.82) is 0 Å². The molecule has 5 nitrogen and oxygen atoms in total. The summed E-state index contributed by atoms with van der Waals surface area (Å²) in [5.41, 5.74) is 2.01. The van der Waals surface area contributed by atoms with Crippen molar-refractivity contribution in [3.63, 3.8) is 0 Å². The highest BCUT2D eigenvalue weighted by Crippen LogP contribution is 2.30. The fraction of sp³-hybridized carbons (Fsp3) is 0.136. The van der Waals surface area contributed by atoms with Crippen LogP contribution in [0.4, 0.5) is 0 Å². The Morgan fingerprint density at radius 3 is 2.50 bits per heavy atom. The van der Waals surface area contributed by atoms with Crippen LogP contribution in [0, 0.1) is 0 Å². The number of fused-ring (bicyclic) bond motifs is 1. The molecule has 0 radical (unpaired) electrons. The molecule has 28 heavy (non-hydrogen) atoms. The van der Waals surface area contributed by atoms with Crippen molar-refractivity contribution in [1.82, 2.24) is 9.55 Å². The molecule has 0 fully saturated rings. The fourth-order valence-corrected chi connectivity index (χ4v) is 4.12. The lowest BCUT2D eigenvalue weighted by Gasteiger charge is -2.13. The third-order valence-electron chi connectivity index (χ3n) is 4.69. The van der Waals surface area contributed by atoms with Gasteiger partial charge >= 0.3 is 0 Å². The molecule has 2 aromatic heterocycles. The monoisotopic (exact) mass is 390 g/mol. The van der Waals surface area contributed by atoms with E-state index in [1.54, 1.807) is 38.3 Å². The molecule has 0 aliphatic heterocycles. The third-order valence-corrected chi connectivity index (χ3v) is 5.85. The molecule has 0 aliphatic rings. The Hall–Kier alpha value is -3.25. The van der Waals surface area contributed by atoms with Crippen LogP contribution in [0.15, 0.2) is 71.8 Å². The normalized spacial score (nSPS) is 12.1. The molecule has 140 valence electrons. The zero-order chi connectivity index (χ0) is 19.7. The number of thiophene rings is 1. The van der Waals surface area contributed by atoms with Crippen molar-refractivity contribution >= 4 is 27.3 Å². The van der Waals surface area contributed by atoms with Gasteiger partial charge in [-0.15, -0.1) is 11.3 Å². The Labute approximate surface area is 165 Å². The zero-order valence-electron chi connectivity index (χ0n) is 15.5. The number of ketones is 1. The van der Waals surface area contributed by atoms with E-state index >= 15 is 0 Å². The SMILES string of the molecule is COc1ccc(C(=O)C(C)n2cnc3cc(-c4ccccc4)sc3c2=O)cc1. The van der Waals surface area contributed by atoms with Gasteiger partial charge in [0.2, 0.25) is 0 Å². The van der Waals surface area contributed by atoms with Gasteiger partial charge in [-0.3, -0.25) is 14.2 Å². The number of hydrogen-bond acceptors (Lipinski definition) is 5. The molecule has 6 heteroatoms. The van der Waals surface area contributed by atoms with Gasteiger partial charge in [-0.2, -0.15) is 0 Å². The predicted molar refractivity (Wildman–Crippen MR) is 111 cm³/mol. The van der Waals surface area contributed by atoms with Gasteiger partial charge in [-0.05, 0) is 42.8 Å². The second-order valence-electron chi connectivity index (χ2n) is 6.42. The molecule has 0 amide bonds. The standard InChI is InChI=1S/C22H18N2O3S/c1-14(20(25)16-8-10-17(27-2)11-9-16)24-13-23-18-12-19(28-21(18)22(24)26)15-6-4-3-5-7-15/h3-14H,1-2H3. The molecule has 0 spiro atoms. The Morgan fingerprint density at radius 2 is 1.82 bits per heavy atom. The number of ether oxygens (including phenoxy) is 1. The number of hydrogen-bond donors (Lipinski definition) is 0. The molecule has 2 heterocycles. The summed E-state index contributed by atoms with van der Waals surface area (Å²) in [7, 11) is 1.57. The fourth-order valence-electron chi connectivity index (χ4n) is 3.07. The molecular weight excluding hydrogens is 372 g/mol. The van der Waals surface area contributed by atoms with Crippen LogP contribution in [0.5, 0.6) is 5.75 Å². The average molecular weight is 390 g/mol. The zero-order valence-corrected chi connectivity index (χ0v) is 16.3. The molecule has 4 aromatic rings. The van der Waals surface area contributed by atoms with E-state index in [2.05, 4.69) is 4.98 Å². The summed E-state index contributed by atoms with van der Waals surface area (Å²) >= 11 is 1.40. The Morgan fingerprint density at radius 1 is 1.11 bits per heavy atom. The maximum Gasteiger partial charge on any atom is 0.271 e. The van der Waals surface area contributed by atoms with E-state index in [0.717, 1.165) is 10.4 Å². The summed E-state index contributed by atoms with van der Waals surface area (Å²) in [6, 6.07) is 18.0. The van der Waals surface area contributed by atoms with E-state index in [1.807, 2.05) is 36.4 Å². The highest BCUT2D eigenvalue weighted by Gasteiger charge is 2.20. The topological polar surface area (TPSA) is 61.2 Å². The second kappa shape index (κ2) is 7.40. The second-order valence-corrected chi connectivity index (χ2v) is 7.47. The van der Waals surface area contributed by atoms with Crippen LogP contribution in [0.1, 0.15) is 23.3 Å². The van der Waals surface area contributed by atoms with E-state index in [1.165, 1.54) is 22.2 Å². The van der Waals surface area contributed by atoms with Crippen molar-refractivity contribution < 1.29 is 9.53 Å². The molecule has 0 aliphatic carbocycles. The molecule has 2 aromatic carbocycles. The van der Waals surface area contributed by atoms with Gasteiger partial charge in [0.1, 0.15) is 10.4 Å². The first-order valence-corrected chi connectivity index (χ1v) is 9.64. The van der Waals surface area contributed by atoms with Crippen molar-refractivity contribution in [2.24, 2.45) is 0 Å². The lowest BCUT2D eigenvalue weighted by atomic mass is 10.1. The number of benzene rings is 2. The van der Waals surface area contributed by atoms with Gasteiger partial charge in [0.05, 0.1) is 25.0 Å². The van der Waals surface area contributed by atoms with Crippen LogP contribution in [0.25, 0.3) is 20.7 Å². The van der Waals surface area contributed by atoms with Gasteiger partial charge in [0, 0.05) is 10.4 Å². The Balaban J connectivity index is 1.71. The summed E-state index contributed by atoms with van der Waals surface area (Å²) in [5.74, 6) is 0.530. The molecule has 0 N–H and O–H groups in total. The van der Waals surface area contributed by atoms with Gasteiger partial charge in [-0.25, -0.2) is 4.98 Å². The highest BCUT2D eigenvalue weighted by atomic mass is 32.1. The molecule has 0 saturated carbocycles. The first-order valence-electron chi connectivity index (χ1n) is 8.83. The van der Waals surface area contributed by atoms with Gasteiger partial charge in [0.25, 0.3) is 5.56 Å². The van der Waals surface area contributed by atoms with Crippen LogP contribution in [0.3, 0.4) is 0 Å². The van der Waals surface area contributed by atoms with Crippen LogP contribution in [0.2, 0.25) is 0 Å². The summed E-state index contributed by atoms with van der Waals surface area (Å²) in [5, 5.41) is 0. The molecule has 4 rings (SSSR count). The number of carbonyl (C=O) groups excluding carboxylic acids is 1. The van der Waals surface area contributed by atoms with E-state index in [4.69, 9.17) is 4.74 Å². The van der Waals surface area contributed by atoms with Gasteiger partial charge in [0.15, 0.2) is 5.78 Å². The lowest BCUT2D eigenvalue weighted by molar-refractivity contribution is 0.0932. The minimum Gasteiger partial charge on any atom is -0.497 e. The van der Waals surface area contributed by atoms with Crippen molar-refractivity contribution in [3.05, 3.63) is 82.9 Å². The largest absolute Gasteiger partial charge is 0.497 e. The van der Waals surface area contributed by atoms with Crippen molar-refractivity contribution in [3.8, 4) is 16.2 Å². The van der Waals surface area contributed by atoms with Crippen LogP contribution in [-0.2, 0) is 0 Å². The minimum absolute atomic E-state index is 0.147. The summed E-state index contributed by atoms with van der Waals surface area (Å²) in [6.07, 6.45) is 1.46. The quantitative estimate of drug-likeness (QED) is 0.468. The van der Waals surface area contributed by atoms with Crippen LogP contribution >= 0.6 is 11.3 Å². The van der Waals surface area contributed by atoms with E-state index in [9.17, 15) is 9.59 Å². The number of nitrogens with zero attached hydrogens (tertiary/aromatic N) is 2. The summed E-state index contributed by atoms with van der Waals surface area (Å²) < 4.78 is 7.08. The van der Waals surface area contributed by atoms with E-state index in [-0.39, 0.29) is 11.3 Å². The maximum absolute atomic E-state index is 13.0. The predicted octanol–water partition coefficient (Wildman–Crippen LogP) is 4.58. The molecule has 0 bridgehead atoms. The minimum atomic E-state index is -0.653. The molecule has 1 unspecified atom stereocenters. The van der Waals surface area contributed by atoms with Crippen molar-refractivity contribution in [2.75, 3.05) is 7.11 Å².